The average molecular weight is 279 g/mol. The van der Waals surface area contributed by atoms with Gasteiger partial charge in [-0.2, -0.15) is 0 Å². The van der Waals surface area contributed by atoms with Gasteiger partial charge in [0, 0.05) is 37.3 Å². The van der Waals surface area contributed by atoms with E-state index in [-0.39, 0.29) is 5.91 Å². The van der Waals surface area contributed by atoms with Crippen LogP contribution in [0.1, 0.15) is 12.5 Å². The molecule has 4 heteroatoms. The number of piperazine rings is 1. The van der Waals surface area contributed by atoms with Crippen molar-refractivity contribution in [3.8, 4) is 0 Å². The minimum absolute atomic E-state index is 0.0794. The first-order valence-electron chi connectivity index (χ1n) is 6.64. The fourth-order valence-electron chi connectivity index (χ4n) is 2.17. The molecule has 1 saturated heterocycles. The molecule has 102 valence electrons. The summed E-state index contributed by atoms with van der Waals surface area (Å²) in [5, 5.41) is 0.686. The van der Waals surface area contributed by atoms with E-state index in [2.05, 4.69) is 11.8 Å². The van der Waals surface area contributed by atoms with Gasteiger partial charge in [-0.15, -0.1) is 0 Å². The van der Waals surface area contributed by atoms with Gasteiger partial charge in [0.15, 0.2) is 0 Å². The van der Waals surface area contributed by atoms with Crippen molar-refractivity contribution < 1.29 is 4.79 Å². The Morgan fingerprint density at radius 1 is 1.32 bits per heavy atom. The SMILES string of the molecule is CCN1CCN(C(=O)/C=C/c2cccc(Cl)c2)CC1. The molecule has 3 nitrogen and oxygen atoms in total. The fourth-order valence-corrected chi connectivity index (χ4v) is 2.37. The van der Waals surface area contributed by atoms with Gasteiger partial charge in [0.2, 0.25) is 5.91 Å². The van der Waals surface area contributed by atoms with E-state index in [4.69, 9.17) is 11.6 Å². The Kier molecular flexibility index (Phi) is 5.00. The lowest BCUT2D eigenvalue weighted by Gasteiger charge is -2.33. The summed E-state index contributed by atoms with van der Waals surface area (Å²) in [4.78, 5) is 16.3. The second-order valence-corrected chi connectivity index (χ2v) is 5.08. The summed E-state index contributed by atoms with van der Waals surface area (Å²) in [6.45, 7) is 6.76. The molecule has 0 aromatic heterocycles. The van der Waals surface area contributed by atoms with E-state index in [1.54, 1.807) is 6.08 Å². The number of amides is 1. The molecule has 0 unspecified atom stereocenters. The highest BCUT2D eigenvalue weighted by Crippen LogP contribution is 2.12. The molecule has 0 spiro atoms. The van der Waals surface area contributed by atoms with Crippen molar-refractivity contribution in [1.82, 2.24) is 9.80 Å². The summed E-state index contributed by atoms with van der Waals surface area (Å²) in [5.41, 5.74) is 0.952. The number of hydrogen-bond acceptors (Lipinski definition) is 2. The molecule has 1 aromatic rings. The Morgan fingerprint density at radius 3 is 2.68 bits per heavy atom. The molecule has 19 heavy (non-hydrogen) atoms. The number of likely N-dealkylation sites (N-methyl/N-ethyl adjacent to an activating group) is 1. The molecule has 0 atom stereocenters. The van der Waals surface area contributed by atoms with Gasteiger partial charge in [-0.1, -0.05) is 30.7 Å². The van der Waals surface area contributed by atoms with Crippen LogP contribution in [-0.4, -0.2) is 48.4 Å². The first kappa shape index (κ1) is 14.1. The highest BCUT2D eigenvalue weighted by Gasteiger charge is 2.17. The summed E-state index contributed by atoms with van der Waals surface area (Å²) in [7, 11) is 0. The molecular weight excluding hydrogens is 260 g/mol. The van der Waals surface area contributed by atoms with E-state index in [0.29, 0.717) is 5.02 Å². The van der Waals surface area contributed by atoms with Crippen LogP contribution < -0.4 is 0 Å². The summed E-state index contributed by atoms with van der Waals surface area (Å²) >= 11 is 5.91. The number of rotatable bonds is 3. The normalized spacial score (nSPS) is 17.1. The maximum Gasteiger partial charge on any atom is 0.246 e. The van der Waals surface area contributed by atoms with Gasteiger partial charge in [-0.3, -0.25) is 4.79 Å². The zero-order valence-corrected chi connectivity index (χ0v) is 11.9. The molecule has 0 saturated carbocycles. The number of carbonyl (C=O) groups excluding carboxylic acids is 1. The van der Waals surface area contributed by atoms with Crippen LogP contribution in [0.4, 0.5) is 0 Å². The lowest BCUT2D eigenvalue weighted by atomic mass is 10.2. The van der Waals surface area contributed by atoms with Gasteiger partial charge in [-0.05, 0) is 30.3 Å². The van der Waals surface area contributed by atoms with E-state index in [1.165, 1.54) is 0 Å². The highest BCUT2D eigenvalue weighted by molar-refractivity contribution is 6.30. The number of carbonyl (C=O) groups is 1. The van der Waals surface area contributed by atoms with Crippen LogP contribution in [0.3, 0.4) is 0 Å². The fraction of sp³-hybridized carbons (Fsp3) is 0.400. The minimum atomic E-state index is 0.0794. The van der Waals surface area contributed by atoms with Crippen molar-refractivity contribution in [3.05, 3.63) is 40.9 Å². The molecule has 1 amide bonds. The molecule has 0 N–H and O–H groups in total. The van der Waals surface area contributed by atoms with Gasteiger partial charge in [0.05, 0.1) is 0 Å². The quantitative estimate of drug-likeness (QED) is 0.793. The predicted molar refractivity (Wildman–Crippen MR) is 79.2 cm³/mol. The number of nitrogens with zero attached hydrogens (tertiary/aromatic N) is 2. The van der Waals surface area contributed by atoms with E-state index in [1.807, 2.05) is 35.2 Å². The van der Waals surface area contributed by atoms with Crippen LogP contribution in [0.5, 0.6) is 0 Å². The monoisotopic (exact) mass is 278 g/mol. The largest absolute Gasteiger partial charge is 0.337 e. The Bertz CT molecular complexity index is 465. The van der Waals surface area contributed by atoms with Crippen LogP contribution in [0.15, 0.2) is 30.3 Å². The molecule has 1 aliphatic heterocycles. The van der Waals surface area contributed by atoms with Crippen LogP contribution in [-0.2, 0) is 4.79 Å². The maximum atomic E-state index is 12.0. The topological polar surface area (TPSA) is 23.6 Å². The second-order valence-electron chi connectivity index (χ2n) is 4.65. The van der Waals surface area contributed by atoms with Crippen LogP contribution in [0, 0.1) is 0 Å². The molecule has 2 rings (SSSR count). The van der Waals surface area contributed by atoms with Crippen LogP contribution in [0.2, 0.25) is 5.02 Å². The number of halogens is 1. The molecule has 1 aromatic carbocycles. The smallest absolute Gasteiger partial charge is 0.246 e. The summed E-state index contributed by atoms with van der Waals surface area (Å²) in [5.74, 6) is 0.0794. The van der Waals surface area contributed by atoms with Gasteiger partial charge in [0.1, 0.15) is 0 Å². The van der Waals surface area contributed by atoms with Crippen molar-refractivity contribution in [1.29, 1.82) is 0 Å². The minimum Gasteiger partial charge on any atom is -0.337 e. The van der Waals surface area contributed by atoms with E-state index >= 15 is 0 Å². The van der Waals surface area contributed by atoms with Crippen LogP contribution in [0.25, 0.3) is 6.08 Å². The predicted octanol–water partition coefficient (Wildman–Crippen LogP) is 2.52. The summed E-state index contributed by atoms with van der Waals surface area (Å²) in [6.07, 6.45) is 3.45. The first-order chi connectivity index (χ1) is 9.19. The number of benzene rings is 1. The summed E-state index contributed by atoms with van der Waals surface area (Å²) in [6, 6.07) is 7.49. The molecular formula is C15H19ClN2O. The lowest BCUT2D eigenvalue weighted by Crippen LogP contribution is -2.48. The standard InChI is InChI=1S/C15H19ClN2O/c1-2-17-8-10-18(11-9-17)15(19)7-6-13-4-3-5-14(16)12-13/h3-7,12H,2,8-11H2,1H3/b7-6+. The van der Waals surface area contributed by atoms with Crippen molar-refractivity contribution in [2.24, 2.45) is 0 Å². The van der Waals surface area contributed by atoms with E-state index in [9.17, 15) is 4.79 Å². The second kappa shape index (κ2) is 6.73. The van der Waals surface area contributed by atoms with Gasteiger partial charge >= 0.3 is 0 Å². The van der Waals surface area contributed by atoms with Crippen molar-refractivity contribution in [2.75, 3.05) is 32.7 Å². The molecule has 0 radical (unpaired) electrons. The lowest BCUT2D eigenvalue weighted by molar-refractivity contribution is -0.127. The third-order valence-electron chi connectivity index (χ3n) is 3.40. The van der Waals surface area contributed by atoms with Gasteiger partial charge < -0.3 is 9.80 Å². The molecule has 1 aliphatic rings. The van der Waals surface area contributed by atoms with Gasteiger partial charge in [-0.25, -0.2) is 0 Å². The zero-order valence-electron chi connectivity index (χ0n) is 11.2. The Balaban J connectivity index is 1.91. The Labute approximate surface area is 119 Å². The Hall–Kier alpha value is -1.32. The van der Waals surface area contributed by atoms with Crippen molar-refractivity contribution in [3.63, 3.8) is 0 Å². The molecule has 0 bridgehead atoms. The number of hydrogen-bond donors (Lipinski definition) is 0. The van der Waals surface area contributed by atoms with Gasteiger partial charge in [0.25, 0.3) is 0 Å². The maximum absolute atomic E-state index is 12.0. The third-order valence-corrected chi connectivity index (χ3v) is 3.63. The zero-order chi connectivity index (χ0) is 13.7. The average Bonchev–Trinajstić information content (AvgIpc) is 2.45. The molecule has 0 aliphatic carbocycles. The molecule has 1 heterocycles. The van der Waals surface area contributed by atoms with Crippen molar-refractivity contribution >= 4 is 23.6 Å². The van der Waals surface area contributed by atoms with Crippen molar-refractivity contribution in [2.45, 2.75) is 6.92 Å². The Morgan fingerprint density at radius 2 is 2.05 bits per heavy atom. The third kappa shape index (κ3) is 4.08. The van der Waals surface area contributed by atoms with E-state index < -0.39 is 0 Å². The molecule has 1 fully saturated rings. The van der Waals surface area contributed by atoms with E-state index in [0.717, 1.165) is 38.3 Å². The highest BCUT2D eigenvalue weighted by atomic mass is 35.5. The van der Waals surface area contributed by atoms with Crippen LogP contribution >= 0.6 is 11.6 Å². The first-order valence-corrected chi connectivity index (χ1v) is 7.01. The summed E-state index contributed by atoms with van der Waals surface area (Å²) < 4.78 is 0.